The summed E-state index contributed by atoms with van der Waals surface area (Å²) in [5.74, 6) is 0. The summed E-state index contributed by atoms with van der Waals surface area (Å²) in [7, 11) is 0. The van der Waals surface area contributed by atoms with Crippen molar-refractivity contribution in [2.45, 2.75) is 25.1 Å². The highest BCUT2D eigenvalue weighted by molar-refractivity contribution is 6.30. The van der Waals surface area contributed by atoms with Crippen LogP contribution in [0.1, 0.15) is 24.4 Å². The maximum atomic E-state index is 12.5. The highest BCUT2D eigenvalue weighted by Crippen LogP contribution is 2.30. The van der Waals surface area contributed by atoms with Gasteiger partial charge in [-0.25, -0.2) is 0 Å². The summed E-state index contributed by atoms with van der Waals surface area (Å²) in [6.07, 6.45) is -4.77. The van der Waals surface area contributed by atoms with Gasteiger partial charge in [0.2, 0.25) is 0 Å². The first-order valence-corrected chi connectivity index (χ1v) is 5.96. The van der Waals surface area contributed by atoms with Crippen LogP contribution in [0.25, 0.3) is 0 Å². The Labute approximate surface area is 109 Å². The van der Waals surface area contributed by atoms with Gasteiger partial charge in [-0.15, -0.1) is 0 Å². The lowest BCUT2D eigenvalue weighted by molar-refractivity contribution is -0.140. The smallest absolute Gasteiger partial charge is 0.390 e. The molecule has 0 aliphatic rings. The van der Waals surface area contributed by atoms with Crippen LogP contribution in [-0.2, 0) is 0 Å². The van der Waals surface area contributed by atoms with Gasteiger partial charge in [-0.2, -0.15) is 13.2 Å². The Balaban J connectivity index is 2.72. The Kier molecular flexibility index (Phi) is 5.91. The molecule has 6 heteroatoms. The van der Waals surface area contributed by atoms with Gasteiger partial charge in [0.1, 0.15) is 0 Å². The summed E-state index contributed by atoms with van der Waals surface area (Å²) in [6, 6.07) is 5.46. The van der Waals surface area contributed by atoms with Crippen LogP contribution >= 0.6 is 11.6 Å². The highest BCUT2D eigenvalue weighted by Gasteiger charge is 2.32. The van der Waals surface area contributed by atoms with Crippen LogP contribution in [0.5, 0.6) is 0 Å². The van der Waals surface area contributed by atoms with E-state index >= 15 is 0 Å². The topological polar surface area (TPSA) is 32.3 Å². The van der Waals surface area contributed by atoms with Crippen molar-refractivity contribution < 1.29 is 18.3 Å². The van der Waals surface area contributed by atoms with E-state index < -0.39 is 18.6 Å². The van der Waals surface area contributed by atoms with E-state index in [0.717, 1.165) is 0 Å². The molecule has 102 valence electrons. The first kappa shape index (κ1) is 15.3. The standard InChI is InChI=1S/C12H15ClF3NO/c13-10-4-2-9(3-5-10)11(8-12(14,15)16)17-6-1-7-18/h2-5,11,17-18H,1,6-8H2. The number of alkyl halides is 3. The van der Waals surface area contributed by atoms with Gasteiger partial charge < -0.3 is 10.4 Å². The summed E-state index contributed by atoms with van der Waals surface area (Å²) in [6.45, 7) is 0.284. The van der Waals surface area contributed by atoms with Crippen molar-refractivity contribution in [1.29, 1.82) is 0 Å². The van der Waals surface area contributed by atoms with Crippen LogP contribution in [0, 0.1) is 0 Å². The van der Waals surface area contributed by atoms with Crippen LogP contribution in [-0.4, -0.2) is 24.4 Å². The second-order valence-corrected chi connectivity index (χ2v) is 4.39. The van der Waals surface area contributed by atoms with E-state index in [-0.39, 0.29) is 6.61 Å². The Bertz CT molecular complexity index is 353. The van der Waals surface area contributed by atoms with E-state index in [1.165, 1.54) is 0 Å². The molecule has 2 N–H and O–H groups in total. The lowest BCUT2D eigenvalue weighted by Crippen LogP contribution is -2.28. The number of halogens is 4. The molecule has 1 atom stereocenters. The fourth-order valence-corrected chi connectivity index (χ4v) is 1.72. The third-order valence-electron chi connectivity index (χ3n) is 2.43. The molecule has 0 saturated carbocycles. The van der Waals surface area contributed by atoms with Crippen molar-refractivity contribution in [2.24, 2.45) is 0 Å². The largest absolute Gasteiger partial charge is 0.396 e. The molecule has 0 aliphatic heterocycles. The van der Waals surface area contributed by atoms with Crippen molar-refractivity contribution >= 4 is 11.6 Å². The third-order valence-corrected chi connectivity index (χ3v) is 2.69. The van der Waals surface area contributed by atoms with Crippen LogP contribution in [0.4, 0.5) is 13.2 Å². The molecule has 18 heavy (non-hydrogen) atoms. The minimum Gasteiger partial charge on any atom is -0.396 e. The van der Waals surface area contributed by atoms with Crippen LogP contribution in [0.2, 0.25) is 5.02 Å². The lowest BCUT2D eigenvalue weighted by atomic mass is 10.0. The zero-order valence-corrected chi connectivity index (χ0v) is 10.4. The van der Waals surface area contributed by atoms with Gasteiger partial charge in [-0.1, -0.05) is 23.7 Å². The number of nitrogens with one attached hydrogen (secondary N) is 1. The zero-order valence-electron chi connectivity index (χ0n) is 9.67. The van der Waals surface area contributed by atoms with Crippen LogP contribution in [0.3, 0.4) is 0 Å². The van der Waals surface area contributed by atoms with Gasteiger partial charge in [0.25, 0.3) is 0 Å². The van der Waals surface area contributed by atoms with E-state index in [0.29, 0.717) is 23.6 Å². The molecule has 1 unspecified atom stereocenters. The van der Waals surface area contributed by atoms with Crippen molar-refractivity contribution in [3.05, 3.63) is 34.9 Å². The van der Waals surface area contributed by atoms with Crippen molar-refractivity contribution in [2.75, 3.05) is 13.2 Å². The summed E-state index contributed by atoms with van der Waals surface area (Å²) >= 11 is 5.70. The van der Waals surface area contributed by atoms with E-state index in [9.17, 15) is 13.2 Å². The molecule has 1 rings (SSSR count). The minimum atomic E-state index is -4.24. The van der Waals surface area contributed by atoms with Gasteiger partial charge >= 0.3 is 6.18 Å². The molecule has 0 aromatic heterocycles. The van der Waals surface area contributed by atoms with E-state index in [2.05, 4.69) is 5.32 Å². The molecule has 0 aliphatic carbocycles. The quantitative estimate of drug-likeness (QED) is 0.784. The highest BCUT2D eigenvalue weighted by atomic mass is 35.5. The van der Waals surface area contributed by atoms with Crippen molar-refractivity contribution in [3.8, 4) is 0 Å². The first-order chi connectivity index (χ1) is 8.42. The molecule has 1 aromatic carbocycles. The van der Waals surface area contributed by atoms with Crippen LogP contribution in [0.15, 0.2) is 24.3 Å². The number of hydrogen-bond donors (Lipinski definition) is 2. The minimum absolute atomic E-state index is 0.0493. The molecule has 1 aromatic rings. The molecular weight excluding hydrogens is 267 g/mol. The summed E-state index contributed by atoms with van der Waals surface area (Å²) in [5.41, 5.74) is 0.537. The van der Waals surface area contributed by atoms with Gasteiger partial charge in [0.05, 0.1) is 6.42 Å². The number of benzene rings is 1. The predicted octanol–water partition coefficient (Wildman–Crippen LogP) is 3.31. The van der Waals surface area contributed by atoms with Crippen LogP contribution < -0.4 is 5.32 Å². The predicted molar refractivity (Wildman–Crippen MR) is 64.6 cm³/mol. The summed E-state index contributed by atoms with van der Waals surface area (Å²) in [4.78, 5) is 0. The van der Waals surface area contributed by atoms with Gasteiger partial charge in [0.15, 0.2) is 0 Å². The fraction of sp³-hybridized carbons (Fsp3) is 0.500. The first-order valence-electron chi connectivity index (χ1n) is 5.59. The maximum Gasteiger partial charge on any atom is 0.390 e. The van der Waals surface area contributed by atoms with Crippen molar-refractivity contribution in [1.82, 2.24) is 5.32 Å². The molecule has 0 radical (unpaired) electrons. The van der Waals surface area contributed by atoms with Crippen molar-refractivity contribution in [3.63, 3.8) is 0 Å². The molecule has 0 fully saturated rings. The second kappa shape index (κ2) is 6.97. The normalized spacial score (nSPS) is 13.6. The van der Waals surface area contributed by atoms with Gasteiger partial charge in [-0.05, 0) is 30.7 Å². The Morgan fingerprint density at radius 1 is 1.22 bits per heavy atom. The van der Waals surface area contributed by atoms with E-state index in [1.54, 1.807) is 24.3 Å². The number of aliphatic hydroxyl groups is 1. The average Bonchev–Trinajstić information content (AvgIpc) is 2.27. The molecular formula is C12H15ClF3NO. The number of aliphatic hydroxyl groups excluding tert-OH is 1. The van der Waals surface area contributed by atoms with Gasteiger partial charge in [0, 0.05) is 17.7 Å². The molecule has 0 bridgehead atoms. The molecule has 0 heterocycles. The molecule has 0 saturated heterocycles. The second-order valence-electron chi connectivity index (χ2n) is 3.95. The lowest BCUT2D eigenvalue weighted by Gasteiger charge is -2.20. The van der Waals surface area contributed by atoms with E-state index in [4.69, 9.17) is 16.7 Å². The fourth-order valence-electron chi connectivity index (χ4n) is 1.59. The van der Waals surface area contributed by atoms with E-state index in [1.807, 2.05) is 0 Å². The Morgan fingerprint density at radius 3 is 2.33 bits per heavy atom. The maximum absolute atomic E-state index is 12.5. The SMILES string of the molecule is OCCCNC(CC(F)(F)F)c1ccc(Cl)cc1. The monoisotopic (exact) mass is 281 g/mol. The Morgan fingerprint density at radius 2 is 1.83 bits per heavy atom. The summed E-state index contributed by atoms with van der Waals surface area (Å²) < 4.78 is 37.4. The molecule has 0 amide bonds. The number of rotatable bonds is 6. The zero-order chi connectivity index (χ0) is 13.6. The average molecular weight is 282 g/mol. The molecule has 2 nitrogen and oxygen atoms in total. The summed E-state index contributed by atoms with van der Waals surface area (Å²) in [5, 5.41) is 11.9. The number of hydrogen-bond acceptors (Lipinski definition) is 2. The third kappa shape index (κ3) is 5.71. The molecule has 0 spiro atoms. The van der Waals surface area contributed by atoms with Gasteiger partial charge in [-0.3, -0.25) is 0 Å². The Hall–Kier alpha value is -0.780.